The number of aromatic nitrogens is 4. The third-order valence-corrected chi connectivity index (χ3v) is 5.13. The van der Waals surface area contributed by atoms with Gasteiger partial charge >= 0.3 is 0 Å². The molecule has 0 bridgehead atoms. The van der Waals surface area contributed by atoms with Gasteiger partial charge in [-0.15, -0.1) is 0 Å². The summed E-state index contributed by atoms with van der Waals surface area (Å²) < 4.78 is 0. The van der Waals surface area contributed by atoms with Gasteiger partial charge in [0.1, 0.15) is 0 Å². The zero-order valence-electron chi connectivity index (χ0n) is 16.2. The van der Waals surface area contributed by atoms with Crippen LogP contribution in [0.25, 0.3) is 0 Å². The Balaban J connectivity index is 1.38. The number of hydrogen-bond acceptors (Lipinski definition) is 6. The Hall–Kier alpha value is -3.35. The minimum Gasteiger partial charge on any atom is -0.342 e. The van der Waals surface area contributed by atoms with Crippen LogP contribution in [0.1, 0.15) is 36.4 Å². The predicted molar refractivity (Wildman–Crippen MR) is 111 cm³/mol. The lowest BCUT2D eigenvalue weighted by atomic mass is 9.94. The van der Waals surface area contributed by atoms with Crippen molar-refractivity contribution in [2.75, 3.05) is 18.4 Å². The summed E-state index contributed by atoms with van der Waals surface area (Å²) in [6.07, 6.45) is 8.39. The molecule has 7 nitrogen and oxygen atoms in total. The van der Waals surface area contributed by atoms with Crippen LogP contribution in [-0.4, -0.2) is 43.8 Å². The van der Waals surface area contributed by atoms with E-state index in [0.29, 0.717) is 24.9 Å². The highest BCUT2D eigenvalue weighted by Crippen LogP contribution is 2.26. The first-order chi connectivity index (χ1) is 14.3. The Morgan fingerprint density at radius 2 is 1.79 bits per heavy atom. The molecule has 148 valence electrons. The van der Waals surface area contributed by atoms with Crippen molar-refractivity contribution in [2.24, 2.45) is 0 Å². The number of nitrogens with zero attached hydrogens (tertiary/aromatic N) is 5. The van der Waals surface area contributed by atoms with Crippen LogP contribution in [0.3, 0.4) is 0 Å². The van der Waals surface area contributed by atoms with E-state index < -0.39 is 0 Å². The van der Waals surface area contributed by atoms with Crippen molar-refractivity contribution in [2.45, 2.75) is 31.6 Å². The van der Waals surface area contributed by atoms with Crippen molar-refractivity contribution in [3.63, 3.8) is 0 Å². The molecule has 2 aromatic heterocycles. The number of benzene rings is 1. The standard InChI is InChI=1S/C22H24N6O/c29-20(10-9-17-6-2-1-3-7-17)28-15-4-8-18(16-28)19-11-14-25-22(26-19)27-21-23-12-5-13-24-21/h1-3,5-7,11-14,18H,4,8-10,15-16H2,(H,23,24,25,26,27). The normalized spacial score (nSPS) is 16.4. The molecule has 1 aromatic carbocycles. The highest BCUT2D eigenvalue weighted by Gasteiger charge is 2.25. The Kier molecular flexibility index (Phi) is 6.04. The van der Waals surface area contributed by atoms with E-state index in [4.69, 9.17) is 0 Å². The molecule has 0 spiro atoms. The van der Waals surface area contributed by atoms with Gasteiger partial charge in [0.2, 0.25) is 17.8 Å². The van der Waals surface area contributed by atoms with Crippen LogP contribution >= 0.6 is 0 Å². The Labute approximate surface area is 170 Å². The lowest BCUT2D eigenvalue weighted by Gasteiger charge is -2.32. The van der Waals surface area contributed by atoms with Gasteiger partial charge in [-0.2, -0.15) is 0 Å². The van der Waals surface area contributed by atoms with Crippen molar-refractivity contribution in [3.8, 4) is 0 Å². The SMILES string of the molecule is O=C(CCc1ccccc1)N1CCCC(c2ccnc(Nc3ncccn3)n2)C1. The Morgan fingerprint density at radius 3 is 2.62 bits per heavy atom. The number of likely N-dealkylation sites (tertiary alicyclic amines) is 1. The Bertz CT molecular complexity index is 934. The monoisotopic (exact) mass is 388 g/mol. The van der Waals surface area contributed by atoms with Crippen LogP contribution in [0.2, 0.25) is 0 Å². The molecule has 1 unspecified atom stereocenters. The second kappa shape index (κ2) is 9.23. The summed E-state index contributed by atoms with van der Waals surface area (Å²) in [5.74, 6) is 1.36. The summed E-state index contributed by atoms with van der Waals surface area (Å²) in [7, 11) is 0. The van der Waals surface area contributed by atoms with Crippen molar-refractivity contribution in [1.29, 1.82) is 0 Å². The van der Waals surface area contributed by atoms with E-state index in [1.54, 1.807) is 24.7 Å². The smallest absolute Gasteiger partial charge is 0.229 e. The number of aryl methyl sites for hydroxylation is 1. The number of carbonyl (C=O) groups excluding carboxylic acids is 1. The van der Waals surface area contributed by atoms with Crippen molar-refractivity contribution in [3.05, 3.63) is 72.3 Å². The van der Waals surface area contributed by atoms with Crippen LogP contribution in [0.15, 0.2) is 61.1 Å². The van der Waals surface area contributed by atoms with E-state index in [9.17, 15) is 4.79 Å². The van der Waals surface area contributed by atoms with Crippen LogP contribution in [0.4, 0.5) is 11.9 Å². The van der Waals surface area contributed by atoms with Gasteiger partial charge in [0, 0.05) is 44.0 Å². The molecule has 1 amide bonds. The lowest BCUT2D eigenvalue weighted by molar-refractivity contribution is -0.132. The van der Waals surface area contributed by atoms with Gasteiger partial charge in [0.05, 0.1) is 5.69 Å². The number of nitrogens with one attached hydrogen (secondary N) is 1. The second-order valence-corrected chi connectivity index (χ2v) is 7.17. The molecule has 1 N–H and O–H groups in total. The molecule has 0 radical (unpaired) electrons. The van der Waals surface area contributed by atoms with E-state index in [1.807, 2.05) is 29.2 Å². The predicted octanol–water partition coefficient (Wildman–Crippen LogP) is 3.35. The summed E-state index contributed by atoms with van der Waals surface area (Å²) in [6.45, 7) is 1.52. The van der Waals surface area contributed by atoms with Crippen LogP contribution in [-0.2, 0) is 11.2 Å². The fraction of sp³-hybridized carbons (Fsp3) is 0.318. The quantitative estimate of drug-likeness (QED) is 0.697. The molecule has 1 saturated heterocycles. The van der Waals surface area contributed by atoms with E-state index in [2.05, 4.69) is 37.4 Å². The first-order valence-corrected chi connectivity index (χ1v) is 9.96. The molecule has 1 atom stereocenters. The zero-order chi connectivity index (χ0) is 19.9. The van der Waals surface area contributed by atoms with Crippen LogP contribution in [0.5, 0.6) is 0 Å². The molecule has 4 rings (SSSR count). The van der Waals surface area contributed by atoms with E-state index in [1.165, 1.54) is 5.56 Å². The summed E-state index contributed by atoms with van der Waals surface area (Å²) in [6, 6.07) is 13.8. The van der Waals surface area contributed by atoms with Crippen molar-refractivity contribution in [1.82, 2.24) is 24.8 Å². The van der Waals surface area contributed by atoms with Gasteiger partial charge in [0.25, 0.3) is 0 Å². The molecule has 1 fully saturated rings. The highest BCUT2D eigenvalue weighted by atomic mass is 16.2. The van der Waals surface area contributed by atoms with Crippen LogP contribution < -0.4 is 5.32 Å². The van der Waals surface area contributed by atoms with Gasteiger partial charge in [-0.1, -0.05) is 30.3 Å². The number of hydrogen-bond donors (Lipinski definition) is 1. The fourth-order valence-electron chi connectivity index (χ4n) is 3.62. The summed E-state index contributed by atoms with van der Waals surface area (Å²) in [5.41, 5.74) is 2.14. The maximum Gasteiger partial charge on any atom is 0.229 e. The molecule has 3 heterocycles. The topological polar surface area (TPSA) is 83.9 Å². The molecular weight excluding hydrogens is 364 g/mol. The third kappa shape index (κ3) is 5.13. The van der Waals surface area contributed by atoms with Gasteiger partial charge in [-0.05, 0) is 37.0 Å². The van der Waals surface area contributed by atoms with E-state index in [0.717, 1.165) is 31.5 Å². The highest BCUT2D eigenvalue weighted by molar-refractivity contribution is 5.76. The van der Waals surface area contributed by atoms with Gasteiger partial charge < -0.3 is 4.90 Å². The Morgan fingerprint density at radius 1 is 1.00 bits per heavy atom. The number of carbonyl (C=O) groups is 1. The average Bonchev–Trinajstić information content (AvgIpc) is 2.79. The van der Waals surface area contributed by atoms with Crippen molar-refractivity contribution >= 4 is 17.8 Å². The minimum absolute atomic E-state index is 0.212. The van der Waals surface area contributed by atoms with Gasteiger partial charge in [-0.25, -0.2) is 19.9 Å². The maximum atomic E-state index is 12.7. The molecule has 29 heavy (non-hydrogen) atoms. The molecule has 7 heteroatoms. The number of anilines is 2. The third-order valence-electron chi connectivity index (χ3n) is 5.13. The summed E-state index contributed by atoms with van der Waals surface area (Å²) in [4.78, 5) is 31.9. The second-order valence-electron chi connectivity index (χ2n) is 7.17. The number of rotatable bonds is 6. The fourth-order valence-corrected chi connectivity index (χ4v) is 3.62. The first-order valence-electron chi connectivity index (χ1n) is 9.96. The molecule has 1 aliphatic heterocycles. The van der Waals surface area contributed by atoms with E-state index >= 15 is 0 Å². The molecular formula is C22H24N6O. The molecule has 0 aliphatic carbocycles. The molecule has 3 aromatic rings. The van der Waals surface area contributed by atoms with E-state index in [-0.39, 0.29) is 11.8 Å². The molecule has 1 aliphatic rings. The number of amides is 1. The molecule has 0 saturated carbocycles. The zero-order valence-corrected chi connectivity index (χ0v) is 16.2. The van der Waals surface area contributed by atoms with Gasteiger partial charge in [0.15, 0.2) is 0 Å². The average molecular weight is 388 g/mol. The summed E-state index contributed by atoms with van der Waals surface area (Å²) >= 11 is 0. The van der Waals surface area contributed by atoms with Crippen molar-refractivity contribution < 1.29 is 4.79 Å². The number of piperidine rings is 1. The maximum absolute atomic E-state index is 12.7. The first kappa shape index (κ1) is 19.0. The largest absolute Gasteiger partial charge is 0.342 e. The van der Waals surface area contributed by atoms with Crippen LogP contribution in [0, 0.1) is 0 Å². The van der Waals surface area contributed by atoms with Gasteiger partial charge in [-0.3, -0.25) is 10.1 Å². The minimum atomic E-state index is 0.212. The summed E-state index contributed by atoms with van der Waals surface area (Å²) in [5, 5.41) is 3.03. The lowest BCUT2D eigenvalue weighted by Crippen LogP contribution is -2.39.